The van der Waals surface area contributed by atoms with Gasteiger partial charge in [0.05, 0.1) is 24.1 Å². The van der Waals surface area contributed by atoms with E-state index in [1.807, 2.05) is 23.1 Å². The Morgan fingerprint density at radius 2 is 2.04 bits per heavy atom. The molecule has 2 aromatic rings. The Morgan fingerprint density at radius 1 is 1.33 bits per heavy atom. The van der Waals surface area contributed by atoms with E-state index in [-0.39, 0.29) is 33.9 Å². The fraction of sp³-hybridized carbons (Fsp3) is 0.316. The highest BCUT2D eigenvalue weighted by molar-refractivity contribution is 7.18. The predicted octanol–water partition coefficient (Wildman–Crippen LogP) is 2.33. The fourth-order valence-electron chi connectivity index (χ4n) is 3.38. The van der Waals surface area contributed by atoms with Gasteiger partial charge in [0.2, 0.25) is 5.91 Å². The minimum Gasteiger partial charge on any atom is -0.465 e. The summed E-state index contributed by atoms with van der Waals surface area (Å²) >= 11 is 0.985. The van der Waals surface area contributed by atoms with E-state index in [2.05, 4.69) is 18.3 Å². The van der Waals surface area contributed by atoms with Crippen LogP contribution in [-0.4, -0.2) is 37.5 Å². The van der Waals surface area contributed by atoms with Crippen molar-refractivity contribution in [2.75, 3.05) is 23.9 Å². The molecule has 1 aliphatic rings. The largest absolute Gasteiger partial charge is 0.465 e. The second-order valence-electron chi connectivity index (χ2n) is 6.47. The highest BCUT2D eigenvalue weighted by atomic mass is 32.1. The average molecular weight is 387 g/mol. The number of para-hydroxylation sites is 1. The molecule has 1 aliphatic heterocycles. The summed E-state index contributed by atoms with van der Waals surface area (Å²) in [5.41, 5.74) is 8.19. The molecule has 0 radical (unpaired) electrons. The van der Waals surface area contributed by atoms with E-state index in [1.54, 1.807) is 6.92 Å². The van der Waals surface area contributed by atoms with Crippen LogP contribution >= 0.6 is 11.3 Å². The van der Waals surface area contributed by atoms with Crippen LogP contribution in [0.4, 0.5) is 10.7 Å². The number of nitrogens with one attached hydrogen (secondary N) is 1. The lowest BCUT2D eigenvalue weighted by atomic mass is 10.1. The lowest BCUT2D eigenvalue weighted by Gasteiger charge is -2.24. The number of carbonyl (C=O) groups is 3. The van der Waals surface area contributed by atoms with Crippen molar-refractivity contribution in [2.24, 2.45) is 5.73 Å². The monoisotopic (exact) mass is 387 g/mol. The average Bonchev–Trinajstić information content (AvgIpc) is 3.11. The summed E-state index contributed by atoms with van der Waals surface area (Å²) in [6.07, 6.45) is 0.876. The summed E-state index contributed by atoms with van der Waals surface area (Å²) in [4.78, 5) is 38.6. The van der Waals surface area contributed by atoms with Crippen LogP contribution in [0.25, 0.3) is 0 Å². The molecule has 2 amide bonds. The smallest absolute Gasteiger partial charge is 0.341 e. The molecule has 8 heteroatoms. The Kier molecular flexibility index (Phi) is 5.18. The minimum atomic E-state index is -0.648. The molecule has 2 heterocycles. The van der Waals surface area contributed by atoms with Crippen LogP contribution in [-0.2, 0) is 16.0 Å². The molecule has 0 saturated carbocycles. The Morgan fingerprint density at radius 3 is 2.70 bits per heavy atom. The topological polar surface area (TPSA) is 102 Å². The van der Waals surface area contributed by atoms with Crippen LogP contribution in [0.3, 0.4) is 0 Å². The highest BCUT2D eigenvalue weighted by Gasteiger charge is 2.29. The quantitative estimate of drug-likeness (QED) is 0.767. The number of thiophene rings is 1. The number of anilines is 2. The van der Waals surface area contributed by atoms with Gasteiger partial charge in [-0.25, -0.2) is 4.79 Å². The number of nitrogens with two attached hydrogens (primary N) is 1. The number of benzene rings is 1. The second-order valence-corrected chi connectivity index (χ2v) is 7.49. The molecule has 0 fully saturated rings. The number of carbonyl (C=O) groups excluding carboxylic acids is 3. The molecule has 0 saturated heterocycles. The van der Waals surface area contributed by atoms with E-state index in [0.29, 0.717) is 5.56 Å². The number of hydrogen-bond acceptors (Lipinski definition) is 6. The van der Waals surface area contributed by atoms with Gasteiger partial charge in [0, 0.05) is 11.7 Å². The summed E-state index contributed by atoms with van der Waals surface area (Å²) in [7, 11) is 1.25. The molecule has 7 nitrogen and oxygen atoms in total. The molecule has 1 aromatic heterocycles. The number of nitrogens with zero attached hydrogens (tertiary/aromatic N) is 1. The lowest BCUT2D eigenvalue weighted by molar-refractivity contribution is -0.115. The third-order valence-corrected chi connectivity index (χ3v) is 5.90. The van der Waals surface area contributed by atoms with Crippen molar-refractivity contribution in [1.29, 1.82) is 0 Å². The van der Waals surface area contributed by atoms with E-state index >= 15 is 0 Å². The summed E-state index contributed by atoms with van der Waals surface area (Å²) in [5.74, 6) is -1.54. The number of primary amides is 1. The van der Waals surface area contributed by atoms with Crippen molar-refractivity contribution < 1.29 is 19.1 Å². The Balaban J connectivity index is 1.83. The SMILES string of the molecule is COC(=O)c1c(NC(=O)CN2c3ccccc3CC2C)sc(C(N)=O)c1C. The number of rotatable bonds is 5. The normalized spacial score (nSPS) is 15.4. The van der Waals surface area contributed by atoms with E-state index in [1.165, 1.54) is 12.7 Å². The van der Waals surface area contributed by atoms with Crippen LogP contribution in [0, 0.1) is 6.92 Å². The predicted molar refractivity (Wildman–Crippen MR) is 104 cm³/mol. The maximum atomic E-state index is 12.7. The maximum absolute atomic E-state index is 12.7. The lowest BCUT2D eigenvalue weighted by Crippen LogP contribution is -2.37. The van der Waals surface area contributed by atoms with Crippen molar-refractivity contribution in [3.05, 3.63) is 45.8 Å². The van der Waals surface area contributed by atoms with E-state index in [4.69, 9.17) is 10.5 Å². The van der Waals surface area contributed by atoms with E-state index < -0.39 is 11.9 Å². The number of methoxy groups -OCH3 is 1. The van der Waals surface area contributed by atoms with Gasteiger partial charge in [-0.15, -0.1) is 11.3 Å². The first-order valence-electron chi connectivity index (χ1n) is 8.49. The highest BCUT2D eigenvalue weighted by Crippen LogP contribution is 2.34. The van der Waals surface area contributed by atoms with Gasteiger partial charge in [-0.3, -0.25) is 9.59 Å². The Bertz CT molecular complexity index is 922. The number of hydrogen-bond donors (Lipinski definition) is 2. The van der Waals surface area contributed by atoms with Crippen LogP contribution in [0.2, 0.25) is 0 Å². The fourth-order valence-corrected chi connectivity index (χ4v) is 4.44. The number of ether oxygens (including phenoxy) is 1. The van der Waals surface area contributed by atoms with E-state index in [9.17, 15) is 14.4 Å². The van der Waals surface area contributed by atoms with Gasteiger partial charge in [-0.1, -0.05) is 18.2 Å². The Hall–Kier alpha value is -2.87. The van der Waals surface area contributed by atoms with Crippen LogP contribution in [0.5, 0.6) is 0 Å². The van der Waals surface area contributed by atoms with Crippen molar-refractivity contribution in [1.82, 2.24) is 0 Å². The molecule has 3 rings (SSSR count). The van der Waals surface area contributed by atoms with E-state index in [0.717, 1.165) is 23.4 Å². The first kappa shape index (κ1) is 18.9. The molecule has 27 heavy (non-hydrogen) atoms. The molecule has 1 unspecified atom stereocenters. The first-order valence-corrected chi connectivity index (χ1v) is 9.31. The summed E-state index contributed by atoms with van der Waals surface area (Å²) in [5, 5.41) is 3.03. The molecule has 0 spiro atoms. The number of esters is 1. The molecule has 3 N–H and O–H groups in total. The van der Waals surface area contributed by atoms with Crippen molar-refractivity contribution in [3.8, 4) is 0 Å². The third kappa shape index (κ3) is 3.52. The zero-order valence-electron chi connectivity index (χ0n) is 15.4. The second kappa shape index (κ2) is 7.40. The standard InChI is InChI=1S/C19H21N3O4S/c1-10-8-12-6-4-5-7-13(12)22(10)9-14(23)21-18-15(19(25)26-3)11(2)16(27-18)17(20)24/h4-7,10H,8-9H2,1-3H3,(H2,20,24)(H,21,23). The number of amides is 2. The molecular formula is C19H21N3O4S. The molecule has 0 aliphatic carbocycles. The molecule has 142 valence electrons. The summed E-state index contributed by atoms with van der Waals surface area (Å²) < 4.78 is 4.78. The van der Waals surface area contributed by atoms with Gasteiger partial charge in [0.15, 0.2) is 0 Å². The van der Waals surface area contributed by atoms with Crippen LogP contribution < -0.4 is 16.0 Å². The zero-order valence-corrected chi connectivity index (χ0v) is 16.2. The van der Waals surface area contributed by atoms with Crippen molar-refractivity contribution in [3.63, 3.8) is 0 Å². The molecule has 1 aromatic carbocycles. The number of fused-ring (bicyclic) bond motifs is 1. The first-order chi connectivity index (χ1) is 12.8. The van der Waals surface area contributed by atoms with Gasteiger partial charge in [-0.2, -0.15) is 0 Å². The molecule has 1 atom stereocenters. The van der Waals surface area contributed by atoms with Crippen molar-refractivity contribution in [2.45, 2.75) is 26.3 Å². The zero-order chi connectivity index (χ0) is 19.7. The van der Waals surface area contributed by atoms with Crippen molar-refractivity contribution >= 4 is 39.8 Å². The van der Waals surface area contributed by atoms with Crippen LogP contribution in [0.1, 0.15) is 38.1 Å². The third-order valence-electron chi connectivity index (χ3n) is 4.68. The van der Waals surface area contributed by atoms with Gasteiger partial charge in [0.25, 0.3) is 5.91 Å². The summed E-state index contributed by atoms with van der Waals surface area (Å²) in [6.45, 7) is 3.81. The molecular weight excluding hydrogens is 366 g/mol. The van der Waals surface area contributed by atoms with Crippen LogP contribution in [0.15, 0.2) is 24.3 Å². The molecule has 0 bridgehead atoms. The minimum absolute atomic E-state index is 0.141. The van der Waals surface area contributed by atoms with Gasteiger partial charge >= 0.3 is 5.97 Å². The van der Waals surface area contributed by atoms with Gasteiger partial charge < -0.3 is 20.7 Å². The Labute approximate surface area is 161 Å². The maximum Gasteiger partial charge on any atom is 0.341 e. The van der Waals surface area contributed by atoms with Gasteiger partial charge in [0.1, 0.15) is 5.00 Å². The van der Waals surface area contributed by atoms with Gasteiger partial charge in [-0.05, 0) is 37.5 Å². The summed E-state index contributed by atoms with van der Waals surface area (Å²) in [6, 6.07) is 8.17.